The largest absolute Gasteiger partial charge is 0.480 e. The number of aromatic nitrogens is 2. The number of aliphatic carboxylic acids is 1. The standard InChI is InChI=1S/C25H29N5O4/c1-16(2)10-21(24(32)33)28-23(31)14-30-22(13-29(25(30)34)12-18-11-26-15-27-18)20-9-5-7-17-6-3-4-8-19(17)20/h3-9,11,15-16,21-22H,10,12-14H2,1-2H3,(H,26,27)(H,28,31)(H,32,33). The average Bonchev–Trinajstić information content (AvgIpc) is 3.42. The zero-order valence-electron chi connectivity index (χ0n) is 19.3. The van der Waals surface area contributed by atoms with Crippen LogP contribution in [0.3, 0.4) is 0 Å². The number of amides is 3. The second kappa shape index (κ2) is 9.94. The van der Waals surface area contributed by atoms with Crippen molar-refractivity contribution in [3.8, 4) is 0 Å². The van der Waals surface area contributed by atoms with Gasteiger partial charge in [0.15, 0.2) is 0 Å². The van der Waals surface area contributed by atoms with Crippen LogP contribution in [-0.4, -0.2) is 61.9 Å². The first kappa shape index (κ1) is 23.3. The Morgan fingerprint density at radius 2 is 1.97 bits per heavy atom. The van der Waals surface area contributed by atoms with Crippen LogP contribution in [0.5, 0.6) is 0 Å². The molecule has 0 bridgehead atoms. The predicted octanol–water partition coefficient (Wildman–Crippen LogP) is 3.16. The van der Waals surface area contributed by atoms with Gasteiger partial charge >= 0.3 is 12.0 Å². The number of hydrogen-bond donors (Lipinski definition) is 3. The summed E-state index contributed by atoms with van der Waals surface area (Å²) < 4.78 is 0. The van der Waals surface area contributed by atoms with E-state index in [0.29, 0.717) is 19.5 Å². The quantitative estimate of drug-likeness (QED) is 0.450. The van der Waals surface area contributed by atoms with Crippen LogP contribution in [0.25, 0.3) is 10.8 Å². The SMILES string of the molecule is CC(C)CC(NC(=O)CN1C(=O)N(Cc2cnc[nH]2)CC1c1cccc2ccccc12)C(=O)O. The lowest BCUT2D eigenvalue weighted by atomic mass is 9.98. The molecule has 1 aliphatic rings. The van der Waals surface area contributed by atoms with Gasteiger partial charge in [-0.3, -0.25) is 4.79 Å². The average molecular weight is 464 g/mol. The van der Waals surface area contributed by atoms with Crippen molar-refractivity contribution in [3.63, 3.8) is 0 Å². The highest BCUT2D eigenvalue weighted by Gasteiger charge is 2.40. The number of aromatic amines is 1. The van der Waals surface area contributed by atoms with Gasteiger partial charge in [0.1, 0.15) is 12.6 Å². The number of carboxylic acid groups (broad SMARTS) is 1. The van der Waals surface area contributed by atoms with E-state index in [2.05, 4.69) is 15.3 Å². The minimum absolute atomic E-state index is 0.100. The van der Waals surface area contributed by atoms with E-state index in [-0.39, 0.29) is 24.5 Å². The molecule has 2 atom stereocenters. The molecule has 3 N–H and O–H groups in total. The summed E-state index contributed by atoms with van der Waals surface area (Å²) in [5, 5.41) is 14.2. The number of rotatable bonds is 9. The van der Waals surface area contributed by atoms with Crippen molar-refractivity contribution in [2.75, 3.05) is 13.1 Å². The van der Waals surface area contributed by atoms with E-state index in [0.717, 1.165) is 22.0 Å². The van der Waals surface area contributed by atoms with E-state index in [1.165, 1.54) is 4.90 Å². The molecule has 0 saturated carbocycles. The molecule has 178 valence electrons. The topological polar surface area (TPSA) is 119 Å². The minimum Gasteiger partial charge on any atom is -0.480 e. The van der Waals surface area contributed by atoms with Gasteiger partial charge in [-0.1, -0.05) is 56.3 Å². The molecule has 0 spiro atoms. The minimum atomic E-state index is -1.08. The zero-order chi connectivity index (χ0) is 24.2. The van der Waals surface area contributed by atoms with Gasteiger partial charge in [0.05, 0.1) is 24.6 Å². The summed E-state index contributed by atoms with van der Waals surface area (Å²) in [6.07, 6.45) is 3.54. The number of carbonyl (C=O) groups excluding carboxylic acids is 2. The molecule has 1 aromatic heterocycles. The molecule has 1 aliphatic heterocycles. The third-order valence-electron chi connectivity index (χ3n) is 6.04. The van der Waals surface area contributed by atoms with Gasteiger partial charge in [0.2, 0.25) is 5.91 Å². The maximum absolute atomic E-state index is 13.4. The molecule has 2 aromatic carbocycles. The molecular formula is C25H29N5O4. The third kappa shape index (κ3) is 5.03. The van der Waals surface area contributed by atoms with Gasteiger partial charge in [0.25, 0.3) is 0 Å². The highest BCUT2D eigenvalue weighted by molar-refractivity contribution is 5.90. The second-order valence-corrected chi connectivity index (χ2v) is 9.04. The summed E-state index contributed by atoms with van der Waals surface area (Å²) >= 11 is 0. The number of nitrogens with one attached hydrogen (secondary N) is 2. The van der Waals surface area contributed by atoms with E-state index in [9.17, 15) is 19.5 Å². The Morgan fingerprint density at radius 3 is 2.68 bits per heavy atom. The van der Waals surface area contributed by atoms with Crippen LogP contribution < -0.4 is 5.32 Å². The van der Waals surface area contributed by atoms with Crippen LogP contribution >= 0.6 is 0 Å². The maximum atomic E-state index is 13.4. The van der Waals surface area contributed by atoms with Gasteiger partial charge < -0.3 is 25.2 Å². The Hall–Kier alpha value is -3.88. The summed E-state index contributed by atoms with van der Waals surface area (Å²) in [5.74, 6) is -1.47. The van der Waals surface area contributed by atoms with Gasteiger partial charge in [-0.2, -0.15) is 0 Å². The first-order valence-corrected chi connectivity index (χ1v) is 11.4. The number of benzene rings is 2. The van der Waals surface area contributed by atoms with E-state index in [1.807, 2.05) is 56.3 Å². The van der Waals surface area contributed by atoms with Crippen LogP contribution in [0.2, 0.25) is 0 Å². The molecular weight excluding hydrogens is 434 g/mol. The molecule has 9 nitrogen and oxygen atoms in total. The summed E-state index contributed by atoms with van der Waals surface area (Å²) in [7, 11) is 0. The van der Waals surface area contributed by atoms with Crippen molar-refractivity contribution in [2.45, 2.75) is 38.9 Å². The van der Waals surface area contributed by atoms with Gasteiger partial charge in [-0.15, -0.1) is 0 Å². The van der Waals surface area contributed by atoms with E-state index >= 15 is 0 Å². The third-order valence-corrected chi connectivity index (χ3v) is 6.04. The fourth-order valence-electron chi connectivity index (χ4n) is 4.48. The van der Waals surface area contributed by atoms with Gasteiger partial charge in [-0.05, 0) is 28.7 Å². The molecule has 1 fully saturated rings. The Bertz CT molecular complexity index is 1170. The molecule has 4 rings (SSSR count). The molecule has 2 unspecified atom stereocenters. The number of imidazole rings is 1. The first-order valence-electron chi connectivity index (χ1n) is 11.4. The summed E-state index contributed by atoms with van der Waals surface area (Å²) in [6.45, 7) is 4.30. The second-order valence-electron chi connectivity index (χ2n) is 9.04. The number of H-pyrrole nitrogens is 1. The lowest BCUT2D eigenvalue weighted by Crippen LogP contribution is -2.47. The Morgan fingerprint density at radius 1 is 1.21 bits per heavy atom. The molecule has 1 saturated heterocycles. The molecule has 3 amide bonds. The highest BCUT2D eigenvalue weighted by Crippen LogP contribution is 2.34. The van der Waals surface area contributed by atoms with Crippen molar-refractivity contribution in [2.24, 2.45) is 5.92 Å². The number of carboxylic acids is 1. The Kier molecular flexibility index (Phi) is 6.81. The monoisotopic (exact) mass is 463 g/mol. The summed E-state index contributed by atoms with van der Waals surface area (Å²) in [6, 6.07) is 12.2. The van der Waals surface area contributed by atoms with Crippen molar-refractivity contribution in [1.29, 1.82) is 0 Å². The molecule has 9 heteroatoms. The smallest absolute Gasteiger partial charge is 0.326 e. The molecule has 34 heavy (non-hydrogen) atoms. The number of carbonyl (C=O) groups is 3. The molecule has 0 radical (unpaired) electrons. The zero-order valence-corrected chi connectivity index (χ0v) is 19.3. The van der Waals surface area contributed by atoms with Crippen LogP contribution in [0, 0.1) is 5.92 Å². The van der Waals surface area contributed by atoms with Crippen LogP contribution in [0.1, 0.15) is 37.6 Å². The summed E-state index contributed by atoms with van der Waals surface area (Å²) in [5.41, 5.74) is 1.74. The van der Waals surface area contributed by atoms with Crippen molar-refractivity contribution < 1.29 is 19.5 Å². The normalized spacial score (nSPS) is 16.9. The van der Waals surface area contributed by atoms with Gasteiger partial charge in [0, 0.05) is 12.7 Å². The molecule has 3 aromatic rings. The van der Waals surface area contributed by atoms with E-state index in [4.69, 9.17) is 0 Å². The number of fused-ring (bicyclic) bond motifs is 1. The van der Waals surface area contributed by atoms with Crippen molar-refractivity contribution in [1.82, 2.24) is 25.1 Å². The van der Waals surface area contributed by atoms with Crippen molar-refractivity contribution >= 4 is 28.7 Å². The van der Waals surface area contributed by atoms with Crippen LogP contribution in [0.4, 0.5) is 4.79 Å². The maximum Gasteiger partial charge on any atom is 0.326 e. The fraction of sp³-hybridized carbons (Fsp3) is 0.360. The molecule has 0 aliphatic carbocycles. The van der Waals surface area contributed by atoms with Crippen molar-refractivity contribution in [3.05, 3.63) is 66.2 Å². The van der Waals surface area contributed by atoms with E-state index in [1.54, 1.807) is 17.4 Å². The van der Waals surface area contributed by atoms with E-state index < -0.39 is 17.9 Å². The lowest BCUT2D eigenvalue weighted by Gasteiger charge is -2.25. The predicted molar refractivity (Wildman–Crippen MR) is 127 cm³/mol. The van der Waals surface area contributed by atoms with Crippen LogP contribution in [-0.2, 0) is 16.1 Å². The number of hydrogen-bond acceptors (Lipinski definition) is 4. The summed E-state index contributed by atoms with van der Waals surface area (Å²) in [4.78, 5) is 48.2. The number of nitrogens with zero attached hydrogens (tertiary/aromatic N) is 3. The number of urea groups is 1. The van der Waals surface area contributed by atoms with Gasteiger partial charge in [-0.25, -0.2) is 14.6 Å². The Labute approximate surface area is 197 Å². The Balaban J connectivity index is 1.61. The highest BCUT2D eigenvalue weighted by atomic mass is 16.4. The molecule has 2 heterocycles. The lowest BCUT2D eigenvalue weighted by molar-refractivity contribution is -0.142. The van der Waals surface area contributed by atoms with Crippen LogP contribution in [0.15, 0.2) is 55.0 Å². The first-order chi connectivity index (χ1) is 16.3. The fourth-order valence-corrected chi connectivity index (χ4v) is 4.48.